The van der Waals surface area contributed by atoms with Gasteiger partial charge in [0.25, 0.3) is 0 Å². The van der Waals surface area contributed by atoms with Crippen molar-refractivity contribution < 1.29 is 4.74 Å². The maximum absolute atomic E-state index is 5.83. The van der Waals surface area contributed by atoms with Gasteiger partial charge >= 0.3 is 0 Å². The smallest absolute Gasteiger partial charge is 0.0699 e. The molecule has 0 radical (unpaired) electrons. The molecule has 0 amide bonds. The van der Waals surface area contributed by atoms with Gasteiger partial charge in [0.1, 0.15) is 0 Å². The first-order valence-corrected chi connectivity index (χ1v) is 5.77. The number of nitrogens with one attached hydrogen (secondary N) is 1. The fourth-order valence-electron chi connectivity index (χ4n) is 2.14. The molecule has 2 aliphatic rings. The zero-order valence-electron chi connectivity index (χ0n) is 8.43. The average Bonchev–Trinajstić information content (AvgIpc) is 2.11. The first kappa shape index (κ1) is 9.47. The van der Waals surface area contributed by atoms with Crippen molar-refractivity contribution in [1.82, 2.24) is 5.32 Å². The summed E-state index contributed by atoms with van der Waals surface area (Å²) < 4.78 is 5.83. The lowest BCUT2D eigenvalue weighted by atomic mass is 9.83. The van der Waals surface area contributed by atoms with Crippen molar-refractivity contribution in [2.45, 2.75) is 44.6 Å². The Morgan fingerprint density at radius 1 is 1.15 bits per heavy atom. The van der Waals surface area contributed by atoms with Crippen LogP contribution in [0.15, 0.2) is 0 Å². The number of hydrogen-bond acceptors (Lipinski definition) is 2. The largest absolute Gasteiger partial charge is 0.377 e. The molecule has 2 fully saturated rings. The topological polar surface area (TPSA) is 21.3 Å². The van der Waals surface area contributed by atoms with E-state index in [-0.39, 0.29) is 0 Å². The molecule has 0 aromatic rings. The van der Waals surface area contributed by atoms with Crippen LogP contribution in [0.2, 0.25) is 0 Å². The fraction of sp³-hybridized carbons (Fsp3) is 1.00. The molecular weight excluding hydrogens is 162 g/mol. The minimum absolute atomic E-state index is 0.508. The van der Waals surface area contributed by atoms with Crippen LogP contribution >= 0.6 is 0 Å². The Balaban J connectivity index is 1.50. The minimum atomic E-state index is 0.508. The third-order valence-corrected chi connectivity index (χ3v) is 3.36. The Kier molecular flexibility index (Phi) is 3.62. The van der Waals surface area contributed by atoms with E-state index in [0.717, 1.165) is 19.1 Å². The summed E-state index contributed by atoms with van der Waals surface area (Å²) in [5, 5.41) is 3.38. The van der Waals surface area contributed by atoms with Crippen molar-refractivity contribution in [3.8, 4) is 0 Å². The molecule has 1 N–H and O–H groups in total. The van der Waals surface area contributed by atoms with Gasteiger partial charge in [-0.3, -0.25) is 0 Å². The third-order valence-electron chi connectivity index (χ3n) is 3.36. The highest BCUT2D eigenvalue weighted by atomic mass is 16.5. The van der Waals surface area contributed by atoms with E-state index >= 15 is 0 Å². The van der Waals surface area contributed by atoms with Crippen LogP contribution in [-0.2, 0) is 4.74 Å². The van der Waals surface area contributed by atoms with Gasteiger partial charge in [0.05, 0.1) is 6.10 Å². The van der Waals surface area contributed by atoms with Crippen molar-refractivity contribution >= 4 is 0 Å². The van der Waals surface area contributed by atoms with Crippen LogP contribution in [0, 0.1) is 5.92 Å². The second kappa shape index (κ2) is 4.97. The average molecular weight is 183 g/mol. The van der Waals surface area contributed by atoms with Crippen LogP contribution in [0.3, 0.4) is 0 Å². The Labute approximate surface area is 81.0 Å². The molecule has 2 nitrogen and oxygen atoms in total. The van der Waals surface area contributed by atoms with Crippen LogP contribution in [0.5, 0.6) is 0 Å². The first-order valence-electron chi connectivity index (χ1n) is 5.77. The number of piperidine rings is 1. The van der Waals surface area contributed by atoms with Crippen molar-refractivity contribution in [3.05, 3.63) is 0 Å². The summed E-state index contributed by atoms with van der Waals surface area (Å²) in [5.74, 6) is 0.997. The van der Waals surface area contributed by atoms with E-state index in [1.54, 1.807) is 0 Å². The van der Waals surface area contributed by atoms with Crippen molar-refractivity contribution in [3.63, 3.8) is 0 Å². The van der Waals surface area contributed by atoms with E-state index in [1.807, 2.05) is 0 Å². The Morgan fingerprint density at radius 3 is 2.69 bits per heavy atom. The van der Waals surface area contributed by atoms with E-state index in [1.165, 1.54) is 45.1 Å². The lowest BCUT2D eigenvalue weighted by Crippen LogP contribution is -2.35. The van der Waals surface area contributed by atoms with Gasteiger partial charge in [-0.05, 0) is 31.7 Å². The summed E-state index contributed by atoms with van der Waals surface area (Å²) in [6, 6.07) is 0. The van der Waals surface area contributed by atoms with Crippen LogP contribution < -0.4 is 5.32 Å². The molecular formula is C11H21NO. The lowest BCUT2D eigenvalue weighted by molar-refractivity contribution is 0.0241. The zero-order valence-corrected chi connectivity index (χ0v) is 8.43. The van der Waals surface area contributed by atoms with Crippen LogP contribution in [0.1, 0.15) is 38.5 Å². The number of ether oxygens (including phenoxy) is 1. The molecule has 1 unspecified atom stereocenters. The molecule has 13 heavy (non-hydrogen) atoms. The molecule has 1 atom stereocenters. The Bertz CT molecular complexity index is 139. The summed E-state index contributed by atoms with van der Waals surface area (Å²) in [5.41, 5.74) is 0. The van der Waals surface area contributed by atoms with Gasteiger partial charge in [0, 0.05) is 13.2 Å². The zero-order chi connectivity index (χ0) is 8.93. The van der Waals surface area contributed by atoms with E-state index < -0.39 is 0 Å². The monoisotopic (exact) mass is 183 g/mol. The van der Waals surface area contributed by atoms with Gasteiger partial charge in [-0.2, -0.15) is 0 Å². The molecule has 0 aromatic carbocycles. The normalized spacial score (nSPS) is 30.0. The summed E-state index contributed by atoms with van der Waals surface area (Å²) >= 11 is 0. The van der Waals surface area contributed by atoms with E-state index in [9.17, 15) is 0 Å². The Hall–Kier alpha value is -0.0800. The van der Waals surface area contributed by atoms with Crippen molar-refractivity contribution in [1.29, 1.82) is 0 Å². The van der Waals surface area contributed by atoms with Gasteiger partial charge in [-0.25, -0.2) is 0 Å². The number of hydrogen-bond donors (Lipinski definition) is 1. The number of rotatable bonds is 4. The highest BCUT2D eigenvalue weighted by Gasteiger charge is 2.18. The quantitative estimate of drug-likeness (QED) is 0.719. The molecule has 0 aromatic heterocycles. The SMILES string of the molecule is C1CC(CCOC2CCCNC2)C1. The molecule has 2 rings (SSSR count). The second-order valence-electron chi connectivity index (χ2n) is 4.42. The van der Waals surface area contributed by atoms with Crippen molar-refractivity contribution in [2.24, 2.45) is 5.92 Å². The lowest BCUT2D eigenvalue weighted by Gasteiger charge is -2.27. The highest BCUT2D eigenvalue weighted by Crippen LogP contribution is 2.29. The van der Waals surface area contributed by atoms with Gasteiger partial charge in [-0.15, -0.1) is 0 Å². The van der Waals surface area contributed by atoms with E-state index in [4.69, 9.17) is 4.74 Å². The van der Waals surface area contributed by atoms with Gasteiger partial charge < -0.3 is 10.1 Å². The second-order valence-corrected chi connectivity index (χ2v) is 4.42. The summed E-state index contributed by atoms with van der Waals surface area (Å²) in [4.78, 5) is 0. The molecule has 1 saturated carbocycles. The molecule has 1 aliphatic carbocycles. The van der Waals surface area contributed by atoms with Crippen LogP contribution in [-0.4, -0.2) is 25.8 Å². The molecule has 1 saturated heterocycles. The highest BCUT2D eigenvalue weighted by molar-refractivity contribution is 4.71. The van der Waals surface area contributed by atoms with Crippen LogP contribution in [0.25, 0.3) is 0 Å². The molecule has 1 heterocycles. The van der Waals surface area contributed by atoms with Gasteiger partial charge in [0.15, 0.2) is 0 Å². The van der Waals surface area contributed by atoms with Gasteiger partial charge in [-0.1, -0.05) is 19.3 Å². The third kappa shape index (κ3) is 2.96. The van der Waals surface area contributed by atoms with E-state index in [2.05, 4.69) is 5.32 Å². The maximum Gasteiger partial charge on any atom is 0.0699 e. The molecule has 2 heteroatoms. The summed E-state index contributed by atoms with van der Waals surface area (Å²) in [7, 11) is 0. The van der Waals surface area contributed by atoms with Gasteiger partial charge in [0.2, 0.25) is 0 Å². The molecule has 76 valence electrons. The minimum Gasteiger partial charge on any atom is -0.377 e. The maximum atomic E-state index is 5.83. The predicted molar refractivity (Wildman–Crippen MR) is 53.8 cm³/mol. The molecule has 0 spiro atoms. The summed E-state index contributed by atoms with van der Waals surface area (Å²) in [6.07, 6.45) is 8.71. The summed E-state index contributed by atoms with van der Waals surface area (Å²) in [6.45, 7) is 3.25. The first-order chi connectivity index (χ1) is 6.45. The van der Waals surface area contributed by atoms with Crippen molar-refractivity contribution in [2.75, 3.05) is 19.7 Å². The standard InChI is InChI=1S/C11H21NO/c1-3-10(4-1)6-8-13-11-5-2-7-12-9-11/h10-12H,1-9H2. The fourth-order valence-corrected chi connectivity index (χ4v) is 2.14. The molecule has 0 bridgehead atoms. The predicted octanol–water partition coefficient (Wildman–Crippen LogP) is 1.95. The van der Waals surface area contributed by atoms with Crippen LogP contribution in [0.4, 0.5) is 0 Å². The molecule has 1 aliphatic heterocycles. The van der Waals surface area contributed by atoms with E-state index in [0.29, 0.717) is 6.10 Å². The Morgan fingerprint density at radius 2 is 2.08 bits per heavy atom.